The summed E-state index contributed by atoms with van der Waals surface area (Å²) >= 11 is 0. The molecule has 0 aliphatic carbocycles. The van der Waals surface area contributed by atoms with Crippen LogP contribution in [0.5, 0.6) is 0 Å². The Morgan fingerprint density at radius 2 is 2.25 bits per heavy atom. The minimum atomic E-state index is -0.681. The molecule has 0 saturated carbocycles. The van der Waals surface area contributed by atoms with Crippen LogP contribution < -0.4 is 11.1 Å². The molecule has 0 atom stereocenters. The van der Waals surface area contributed by atoms with E-state index < -0.39 is 5.41 Å². The van der Waals surface area contributed by atoms with Gasteiger partial charge in [-0.25, -0.2) is 4.98 Å². The molecule has 0 aliphatic heterocycles. The molecular formula is C13H17N5O2. The summed E-state index contributed by atoms with van der Waals surface area (Å²) in [7, 11) is 0. The van der Waals surface area contributed by atoms with E-state index in [1.165, 1.54) is 0 Å². The maximum atomic E-state index is 11.3. The highest BCUT2D eigenvalue weighted by molar-refractivity contribution is 5.81. The van der Waals surface area contributed by atoms with Crippen molar-refractivity contribution in [1.29, 1.82) is 0 Å². The van der Waals surface area contributed by atoms with Gasteiger partial charge >= 0.3 is 0 Å². The first-order valence-electron chi connectivity index (χ1n) is 6.19. The van der Waals surface area contributed by atoms with Crippen LogP contribution in [0.2, 0.25) is 0 Å². The highest BCUT2D eigenvalue weighted by Crippen LogP contribution is 2.25. The standard InChI is InChI=1S/C13H17N5O2/c1-8-17-11(20-18-8)9-5-4-6-15-10(9)16-7-13(2,3)12(14)19/h4-6H,7H2,1-3H3,(H2,14,19)(H,15,16). The second-order valence-corrected chi connectivity index (χ2v) is 5.15. The van der Waals surface area contributed by atoms with Crippen molar-refractivity contribution < 1.29 is 9.32 Å². The largest absolute Gasteiger partial charge is 0.369 e. The SMILES string of the molecule is Cc1noc(-c2cccnc2NCC(C)(C)C(N)=O)n1. The summed E-state index contributed by atoms with van der Waals surface area (Å²) in [6.45, 7) is 5.63. The number of nitrogens with zero attached hydrogens (tertiary/aromatic N) is 3. The number of nitrogens with one attached hydrogen (secondary N) is 1. The molecule has 1 amide bonds. The van der Waals surface area contributed by atoms with Crippen LogP contribution >= 0.6 is 0 Å². The molecule has 0 fully saturated rings. The van der Waals surface area contributed by atoms with Crippen molar-refractivity contribution in [2.45, 2.75) is 20.8 Å². The Balaban J connectivity index is 2.23. The topological polar surface area (TPSA) is 107 Å². The van der Waals surface area contributed by atoms with E-state index in [0.717, 1.165) is 0 Å². The molecule has 0 aliphatic rings. The Hall–Kier alpha value is -2.44. The lowest BCUT2D eigenvalue weighted by Gasteiger charge is -2.21. The molecule has 2 rings (SSSR count). The number of anilines is 1. The fourth-order valence-electron chi connectivity index (χ4n) is 1.52. The van der Waals surface area contributed by atoms with Gasteiger partial charge in [0.1, 0.15) is 5.82 Å². The highest BCUT2D eigenvalue weighted by Gasteiger charge is 2.25. The van der Waals surface area contributed by atoms with Gasteiger partial charge in [-0.1, -0.05) is 5.16 Å². The maximum absolute atomic E-state index is 11.3. The second-order valence-electron chi connectivity index (χ2n) is 5.15. The summed E-state index contributed by atoms with van der Waals surface area (Å²) in [6.07, 6.45) is 1.65. The normalized spacial score (nSPS) is 11.3. The van der Waals surface area contributed by atoms with Gasteiger partial charge in [-0.3, -0.25) is 4.79 Å². The number of hydrogen-bond donors (Lipinski definition) is 2. The maximum Gasteiger partial charge on any atom is 0.261 e. The van der Waals surface area contributed by atoms with Gasteiger partial charge in [-0.05, 0) is 32.9 Å². The predicted octanol–water partition coefficient (Wildman–Crippen LogP) is 1.36. The second kappa shape index (κ2) is 5.28. The van der Waals surface area contributed by atoms with Crippen molar-refractivity contribution in [2.24, 2.45) is 11.1 Å². The number of aromatic nitrogens is 3. The molecule has 106 valence electrons. The van der Waals surface area contributed by atoms with E-state index in [0.29, 0.717) is 29.6 Å². The van der Waals surface area contributed by atoms with Gasteiger partial charge in [0.2, 0.25) is 5.91 Å². The van der Waals surface area contributed by atoms with Crippen molar-refractivity contribution in [1.82, 2.24) is 15.1 Å². The Morgan fingerprint density at radius 1 is 1.50 bits per heavy atom. The predicted molar refractivity (Wildman–Crippen MR) is 73.7 cm³/mol. The third-order valence-corrected chi connectivity index (χ3v) is 2.93. The Labute approximate surface area is 116 Å². The van der Waals surface area contributed by atoms with Crippen molar-refractivity contribution in [3.8, 4) is 11.5 Å². The quantitative estimate of drug-likeness (QED) is 0.853. The fourth-order valence-corrected chi connectivity index (χ4v) is 1.52. The highest BCUT2D eigenvalue weighted by atomic mass is 16.5. The number of hydrogen-bond acceptors (Lipinski definition) is 6. The van der Waals surface area contributed by atoms with Crippen molar-refractivity contribution in [3.63, 3.8) is 0 Å². The zero-order chi connectivity index (χ0) is 14.8. The van der Waals surface area contributed by atoms with Gasteiger partial charge in [-0.2, -0.15) is 4.98 Å². The van der Waals surface area contributed by atoms with Gasteiger partial charge in [-0.15, -0.1) is 0 Å². The van der Waals surface area contributed by atoms with Crippen molar-refractivity contribution in [3.05, 3.63) is 24.2 Å². The molecule has 2 heterocycles. The fraction of sp³-hybridized carbons (Fsp3) is 0.385. The van der Waals surface area contributed by atoms with E-state index in [4.69, 9.17) is 10.3 Å². The summed E-state index contributed by atoms with van der Waals surface area (Å²) in [5, 5.41) is 6.86. The molecule has 2 aromatic rings. The average molecular weight is 275 g/mol. The summed E-state index contributed by atoms with van der Waals surface area (Å²) in [6, 6.07) is 3.60. The molecule has 2 aromatic heterocycles. The van der Waals surface area contributed by atoms with Crippen LogP contribution in [-0.2, 0) is 4.79 Å². The average Bonchev–Trinajstić information content (AvgIpc) is 2.83. The number of amides is 1. The minimum Gasteiger partial charge on any atom is -0.369 e. The van der Waals surface area contributed by atoms with Gasteiger partial charge in [0.25, 0.3) is 5.89 Å². The van der Waals surface area contributed by atoms with Crippen LogP contribution in [0.15, 0.2) is 22.9 Å². The molecule has 7 nitrogen and oxygen atoms in total. The third kappa shape index (κ3) is 2.93. The van der Waals surface area contributed by atoms with Crippen LogP contribution in [0.4, 0.5) is 5.82 Å². The van der Waals surface area contributed by atoms with E-state index in [2.05, 4.69) is 20.4 Å². The number of carbonyl (C=O) groups is 1. The lowest BCUT2D eigenvalue weighted by molar-refractivity contribution is -0.125. The smallest absolute Gasteiger partial charge is 0.261 e. The number of nitrogens with two attached hydrogens (primary N) is 1. The van der Waals surface area contributed by atoms with Gasteiger partial charge in [0.15, 0.2) is 5.82 Å². The lowest BCUT2D eigenvalue weighted by atomic mass is 9.93. The molecule has 20 heavy (non-hydrogen) atoms. The first-order valence-corrected chi connectivity index (χ1v) is 6.19. The van der Waals surface area contributed by atoms with E-state index >= 15 is 0 Å². The number of carbonyl (C=O) groups excluding carboxylic acids is 1. The van der Waals surface area contributed by atoms with E-state index in [9.17, 15) is 4.79 Å². The van der Waals surface area contributed by atoms with Crippen LogP contribution in [0.3, 0.4) is 0 Å². The molecule has 0 spiro atoms. The number of aryl methyl sites for hydroxylation is 1. The van der Waals surface area contributed by atoms with Gasteiger partial charge in [0, 0.05) is 12.7 Å². The van der Waals surface area contributed by atoms with Crippen LogP contribution in [0, 0.1) is 12.3 Å². The molecule has 3 N–H and O–H groups in total. The molecule has 0 aromatic carbocycles. The first kappa shape index (κ1) is 14.0. The van der Waals surface area contributed by atoms with Gasteiger partial charge < -0.3 is 15.6 Å². The van der Waals surface area contributed by atoms with Crippen LogP contribution in [-0.4, -0.2) is 27.6 Å². The van der Waals surface area contributed by atoms with Crippen molar-refractivity contribution >= 4 is 11.7 Å². The zero-order valence-electron chi connectivity index (χ0n) is 11.7. The third-order valence-electron chi connectivity index (χ3n) is 2.93. The molecule has 0 radical (unpaired) electrons. The minimum absolute atomic E-state index is 0.361. The zero-order valence-corrected chi connectivity index (χ0v) is 11.7. The molecule has 7 heteroatoms. The molecule has 0 saturated heterocycles. The number of pyridine rings is 1. The van der Waals surface area contributed by atoms with Crippen LogP contribution in [0.25, 0.3) is 11.5 Å². The van der Waals surface area contributed by atoms with Gasteiger partial charge in [0.05, 0.1) is 11.0 Å². The summed E-state index contributed by atoms with van der Waals surface area (Å²) in [4.78, 5) is 19.7. The Kier molecular flexibility index (Phi) is 3.69. The molecule has 0 bridgehead atoms. The van der Waals surface area contributed by atoms with E-state index in [1.54, 1.807) is 33.0 Å². The van der Waals surface area contributed by atoms with Crippen LogP contribution in [0.1, 0.15) is 19.7 Å². The van der Waals surface area contributed by atoms with Crippen molar-refractivity contribution in [2.75, 3.05) is 11.9 Å². The summed E-state index contributed by atoms with van der Waals surface area (Å²) in [5.41, 5.74) is 5.35. The number of primary amides is 1. The summed E-state index contributed by atoms with van der Waals surface area (Å²) < 4.78 is 5.14. The van der Waals surface area contributed by atoms with E-state index in [-0.39, 0.29) is 5.91 Å². The molecule has 0 unspecified atom stereocenters. The summed E-state index contributed by atoms with van der Waals surface area (Å²) in [5.74, 6) is 1.13. The Morgan fingerprint density at radius 3 is 2.85 bits per heavy atom. The Bertz CT molecular complexity index is 621. The molecular weight excluding hydrogens is 258 g/mol. The monoisotopic (exact) mass is 275 g/mol. The first-order chi connectivity index (χ1) is 9.40. The van der Waals surface area contributed by atoms with E-state index in [1.807, 2.05) is 6.07 Å². The lowest BCUT2D eigenvalue weighted by Crippen LogP contribution is -2.37. The number of rotatable bonds is 5.